The molecular weight excluding hydrogens is 200 g/mol. The zero-order chi connectivity index (χ0) is 5.45. The molecule has 0 aromatic rings. The van der Waals surface area contributed by atoms with Gasteiger partial charge in [0, 0.05) is 0 Å². The molecule has 0 unspecified atom stereocenters. The van der Waals surface area contributed by atoms with Crippen LogP contribution in [-0.4, -0.2) is 15.0 Å². The van der Waals surface area contributed by atoms with E-state index in [1.54, 1.807) is 0 Å². The number of hydrogen-bond donors (Lipinski definition) is 0. The van der Waals surface area contributed by atoms with Crippen molar-refractivity contribution < 1.29 is 0 Å². The van der Waals surface area contributed by atoms with Gasteiger partial charge in [-0.05, 0) is 0 Å². The summed E-state index contributed by atoms with van der Waals surface area (Å²) in [6.07, 6.45) is 0. The Morgan fingerprint density at radius 2 is 0.667 bits per heavy atom. The topological polar surface area (TPSA) is 0 Å². The molecule has 2 radical (unpaired) electrons. The first-order valence-electron chi connectivity index (χ1n) is 1.89. The quantitative estimate of drug-likeness (QED) is 0.527. The molecule has 0 atom stereocenters. The molecule has 0 N–H and O–H groups in total. The van der Waals surface area contributed by atoms with Gasteiger partial charge < -0.3 is 0 Å². The Bertz CT molecular complexity index is 37.1. The van der Waals surface area contributed by atoms with Gasteiger partial charge in [0.15, 0.2) is 0 Å². The first-order valence-corrected chi connectivity index (χ1v) is 17.0. The van der Waals surface area contributed by atoms with E-state index < -0.39 is 15.0 Å². The van der Waals surface area contributed by atoms with Crippen LogP contribution in [-0.2, 0) is 0 Å². The van der Waals surface area contributed by atoms with Gasteiger partial charge in [-0.2, -0.15) is 0 Å². The standard InChI is InChI=1S/5ClH.Na/h5*1H;/q;;;;;+5/p-5. The average Bonchev–Trinajstić information content (AvgIpc) is 0.650. The molecule has 6 heteroatoms. The van der Waals surface area contributed by atoms with Crippen LogP contribution < -0.4 is 0 Å². The molecule has 0 fully saturated rings. The van der Waals surface area contributed by atoms with Gasteiger partial charge in [0.1, 0.15) is 0 Å². The van der Waals surface area contributed by atoms with Gasteiger partial charge in [0.2, 0.25) is 0 Å². The van der Waals surface area contributed by atoms with Crippen molar-refractivity contribution in [1.29, 1.82) is 0 Å². The molecular formula is Cl5Na. The molecule has 6 heavy (non-hydrogen) atoms. The van der Waals surface area contributed by atoms with Crippen molar-refractivity contribution in [3.8, 4) is 0 Å². The fraction of sp³-hybridized carbons (Fsp3) is 0. The number of halogens is 5. The molecule has 0 rings (SSSR count). The molecule has 0 aliphatic heterocycles. The molecule has 0 bridgehead atoms. The average molecular weight is 200 g/mol. The SMILES string of the molecule is [Cl][Na]([Cl])([Cl])([Cl])[Cl]. The minimum atomic E-state index is -4.49. The second-order valence-corrected chi connectivity index (χ2v) is 38.6. The van der Waals surface area contributed by atoms with Gasteiger partial charge in [-0.3, -0.25) is 0 Å². The van der Waals surface area contributed by atoms with E-state index in [9.17, 15) is 0 Å². The zero-order valence-corrected chi connectivity index (χ0v) is 8.67. The maximum atomic E-state index is 5.07. The molecule has 0 saturated heterocycles. The summed E-state index contributed by atoms with van der Waals surface area (Å²) in [7, 11) is 25.3. The van der Waals surface area contributed by atoms with Crippen LogP contribution in [0.1, 0.15) is 0 Å². The van der Waals surface area contributed by atoms with E-state index >= 15 is 0 Å². The van der Waals surface area contributed by atoms with Crippen LogP contribution in [0.25, 0.3) is 0 Å². The van der Waals surface area contributed by atoms with E-state index in [-0.39, 0.29) is 0 Å². The van der Waals surface area contributed by atoms with E-state index in [0.29, 0.717) is 0 Å². The van der Waals surface area contributed by atoms with Crippen molar-refractivity contribution in [2.45, 2.75) is 0 Å². The Morgan fingerprint density at radius 1 is 0.667 bits per heavy atom. The summed E-state index contributed by atoms with van der Waals surface area (Å²) in [4.78, 5) is 0. The van der Waals surface area contributed by atoms with Crippen LogP contribution in [0, 0.1) is 0 Å². The van der Waals surface area contributed by atoms with Gasteiger partial charge in [0.25, 0.3) is 0 Å². The third-order valence-electron chi connectivity index (χ3n) is 0. The summed E-state index contributed by atoms with van der Waals surface area (Å²) in [5.41, 5.74) is 0. The summed E-state index contributed by atoms with van der Waals surface area (Å²) >= 11 is -4.49. The van der Waals surface area contributed by atoms with E-state index in [2.05, 4.69) is 0 Å². The van der Waals surface area contributed by atoms with E-state index in [0.717, 1.165) is 0 Å². The molecule has 0 aromatic heterocycles. The summed E-state index contributed by atoms with van der Waals surface area (Å²) in [6.45, 7) is 0. The Labute approximate surface area is 53.5 Å². The molecule has 0 spiro atoms. The van der Waals surface area contributed by atoms with Crippen LogP contribution in [0.4, 0.5) is 0 Å². The third-order valence-corrected chi connectivity index (χ3v) is 0. The van der Waals surface area contributed by atoms with Crippen LogP contribution in [0.15, 0.2) is 0 Å². The molecule has 0 aliphatic rings. The van der Waals surface area contributed by atoms with Gasteiger partial charge in [-0.15, -0.1) is 0 Å². The van der Waals surface area contributed by atoms with Crippen molar-refractivity contribution in [2.75, 3.05) is 0 Å². The zero-order valence-electron chi connectivity index (χ0n) is 2.89. The van der Waals surface area contributed by atoms with Gasteiger partial charge >= 0.3 is 54.5 Å². The van der Waals surface area contributed by atoms with Gasteiger partial charge in [-0.1, -0.05) is 0 Å². The maximum absolute atomic E-state index is 5.07. The molecule has 0 saturated carbocycles. The summed E-state index contributed by atoms with van der Waals surface area (Å²) < 4.78 is 0. The van der Waals surface area contributed by atoms with Crippen LogP contribution >= 0.6 is 39.5 Å². The first kappa shape index (κ1) is 8.45. The Kier molecular flexibility index (Phi) is 2.82. The van der Waals surface area contributed by atoms with E-state index in [4.69, 9.17) is 39.5 Å². The van der Waals surface area contributed by atoms with Crippen molar-refractivity contribution >= 4 is 54.5 Å². The summed E-state index contributed by atoms with van der Waals surface area (Å²) in [6, 6.07) is 0. The van der Waals surface area contributed by atoms with Crippen LogP contribution in [0.5, 0.6) is 0 Å². The van der Waals surface area contributed by atoms with Crippen molar-refractivity contribution in [3.63, 3.8) is 0 Å². The second-order valence-electron chi connectivity index (χ2n) is 1.43. The third kappa shape index (κ3) is 31.9. The van der Waals surface area contributed by atoms with Crippen molar-refractivity contribution in [1.82, 2.24) is 0 Å². The molecule has 0 heterocycles. The number of rotatable bonds is 0. The second kappa shape index (κ2) is 2.00. The molecule has 0 nitrogen and oxygen atoms in total. The van der Waals surface area contributed by atoms with E-state index in [1.807, 2.05) is 0 Å². The van der Waals surface area contributed by atoms with Crippen LogP contribution in [0.2, 0.25) is 0 Å². The van der Waals surface area contributed by atoms with Crippen molar-refractivity contribution in [3.05, 3.63) is 0 Å². The predicted octanol–water partition coefficient (Wildman–Crippen LogP) is 3.07. The fourth-order valence-corrected chi connectivity index (χ4v) is 0. The molecule has 36 valence electrons. The monoisotopic (exact) mass is 198 g/mol. The van der Waals surface area contributed by atoms with Crippen LogP contribution in [0.3, 0.4) is 0 Å². The Morgan fingerprint density at radius 3 is 0.667 bits per heavy atom. The van der Waals surface area contributed by atoms with Crippen molar-refractivity contribution in [2.24, 2.45) is 0 Å². The normalized spacial score (nSPS) is 15.0. The molecule has 0 aromatic carbocycles. The Hall–Kier alpha value is 2.45. The van der Waals surface area contributed by atoms with Gasteiger partial charge in [-0.25, -0.2) is 0 Å². The first-order chi connectivity index (χ1) is 2.24. The Balaban J connectivity index is 3.73. The molecule has 0 aliphatic carbocycles. The molecule has 0 amide bonds. The fourth-order valence-electron chi connectivity index (χ4n) is 0. The van der Waals surface area contributed by atoms with E-state index in [1.165, 1.54) is 0 Å². The summed E-state index contributed by atoms with van der Waals surface area (Å²) in [5, 5.41) is 0. The predicted molar refractivity (Wildman–Crippen MR) is 35.0 cm³/mol. The van der Waals surface area contributed by atoms with Gasteiger partial charge in [0.05, 0.1) is 0 Å². The number of hydrogen-bond acceptors (Lipinski definition) is 0. The summed E-state index contributed by atoms with van der Waals surface area (Å²) in [5.74, 6) is 0. The minimum absolute atomic E-state index is 4.49.